The molecule has 10 rings (SSSR count). The Bertz CT molecular complexity index is 2820. The Hall–Kier alpha value is -6.43. The highest BCUT2D eigenvalue weighted by Crippen LogP contribution is 2.56. The average molecular weight is 712 g/mol. The Kier molecular flexibility index (Phi) is 7.36. The minimum absolute atomic E-state index is 0.532. The predicted molar refractivity (Wildman–Crippen MR) is 224 cm³/mol. The van der Waals surface area contributed by atoms with Crippen LogP contribution in [0.25, 0.3) is 67.2 Å². The summed E-state index contributed by atoms with van der Waals surface area (Å²) in [6.07, 6.45) is 0. The third kappa shape index (κ3) is 5.00. The van der Waals surface area contributed by atoms with Gasteiger partial charge in [-0.15, -0.1) is 0 Å². The first-order valence-corrected chi connectivity index (χ1v) is 22.0. The molecule has 2 aromatic heterocycles. The molecule has 1 aliphatic rings. The summed E-state index contributed by atoms with van der Waals surface area (Å²) in [5.41, 5.74) is 11.2. The van der Waals surface area contributed by atoms with E-state index in [0.29, 0.717) is 17.5 Å². The summed E-state index contributed by atoms with van der Waals surface area (Å²) in [7, 11) is -1.50. The van der Waals surface area contributed by atoms with Crippen molar-refractivity contribution >= 4 is 35.2 Å². The molecule has 0 atom stereocenters. The zero-order valence-corrected chi connectivity index (χ0v) is 31.4. The number of fused-ring (bicyclic) bond motifs is 6. The minimum atomic E-state index is -1.50. The molecule has 0 aliphatic heterocycles. The molecule has 9 aromatic rings. The van der Waals surface area contributed by atoms with Crippen LogP contribution in [0, 0.1) is 0 Å². The zero-order chi connectivity index (χ0) is 36.4. The summed E-state index contributed by atoms with van der Waals surface area (Å²) in [5.74, 6) is 1.83. The van der Waals surface area contributed by atoms with Crippen molar-refractivity contribution < 1.29 is 4.42 Å². The van der Waals surface area contributed by atoms with Gasteiger partial charge in [0.15, 0.2) is 17.5 Å². The first kappa shape index (κ1) is 32.2. The van der Waals surface area contributed by atoms with E-state index in [1.807, 2.05) is 18.2 Å². The van der Waals surface area contributed by atoms with Crippen LogP contribution in [-0.4, -0.2) is 23.0 Å². The fourth-order valence-electron chi connectivity index (χ4n) is 8.38. The summed E-state index contributed by atoms with van der Waals surface area (Å²) in [5, 5.41) is 3.50. The lowest BCUT2D eigenvalue weighted by Gasteiger charge is -2.34. The first-order chi connectivity index (χ1) is 26.4. The van der Waals surface area contributed by atoms with Gasteiger partial charge >= 0.3 is 0 Å². The molecule has 0 spiro atoms. The van der Waals surface area contributed by atoms with E-state index in [9.17, 15) is 0 Å². The number of aromatic nitrogens is 3. The largest absolute Gasteiger partial charge is 0.455 e. The molecular weight excluding hydrogens is 675 g/mol. The number of benzene rings is 7. The average Bonchev–Trinajstić information content (AvgIpc) is 3.75. The van der Waals surface area contributed by atoms with E-state index in [1.54, 1.807) is 0 Å². The van der Waals surface area contributed by atoms with E-state index < -0.39 is 13.5 Å². The van der Waals surface area contributed by atoms with Gasteiger partial charge in [0.25, 0.3) is 0 Å². The van der Waals surface area contributed by atoms with Crippen LogP contribution in [0.15, 0.2) is 174 Å². The molecule has 5 heteroatoms. The summed E-state index contributed by atoms with van der Waals surface area (Å²) in [6.45, 7) is 7.10. The summed E-state index contributed by atoms with van der Waals surface area (Å²) in [6, 6.07) is 60.5. The molecule has 54 heavy (non-hydrogen) atoms. The summed E-state index contributed by atoms with van der Waals surface area (Å²) < 4.78 is 6.51. The van der Waals surface area contributed by atoms with Crippen molar-refractivity contribution in [1.29, 1.82) is 0 Å². The van der Waals surface area contributed by atoms with E-state index in [1.165, 1.54) is 38.6 Å². The predicted octanol–water partition coefficient (Wildman–Crippen LogP) is 11.7. The molecule has 7 aromatic carbocycles. The van der Waals surface area contributed by atoms with Gasteiger partial charge in [-0.2, -0.15) is 0 Å². The molecule has 0 unspecified atom stereocenters. The highest BCUT2D eigenvalue weighted by molar-refractivity contribution is 6.88. The lowest BCUT2D eigenvalue weighted by atomic mass is 9.67. The Balaban J connectivity index is 1.23. The number of para-hydroxylation sites is 2. The molecule has 1 aliphatic carbocycles. The molecule has 0 saturated carbocycles. The van der Waals surface area contributed by atoms with Crippen molar-refractivity contribution in [2.75, 3.05) is 0 Å². The fourth-order valence-corrected chi connectivity index (χ4v) is 9.55. The van der Waals surface area contributed by atoms with Crippen LogP contribution in [0.2, 0.25) is 19.6 Å². The summed E-state index contributed by atoms with van der Waals surface area (Å²) in [4.78, 5) is 15.7. The van der Waals surface area contributed by atoms with Crippen molar-refractivity contribution in [3.63, 3.8) is 0 Å². The van der Waals surface area contributed by atoms with Crippen LogP contribution in [0.3, 0.4) is 0 Å². The molecular formula is C49H37N3OSi. The van der Waals surface area contributed by atoms with E-state index in [0.717, 1.165) is 38.6 Å². The van der Waals surface area contributed by atoms with E-state index in [-0.39, 0.29) is 0 Å². The van der Waals surface area contributed by atoms with Crippen molar-refractivity contribution in [2.24, 2.45) is 0 Å². The molecule has 2 heterocycles. The number of nitrogens with zero attached hydrogens (tertiary/aromatic N) is 3. The van der Waals surface area contributed by atoms with Crippen molar-refractivity contribution in [3.05, 3.63) is 192 Å². The van der Waals surface area contributed by atoms with Crippen LogP contribution in [-0.2, 0) is 5.41 Å². The third-order valence-electron chi connectivity index (χ3n) is 11.0. The van der Waals surface area contributed by atoms with Gasteiger partial charge < -0.3 is 4.42 Å². The van der Waals surface area contributed by atoms with Gasteiger partial charge in [0.1, 0.15) is 11.2 Å². The number of hydrogen-bond donors (Lipinski definition) is 0. The standard InChI is InChI=1S/C49H37N3OSi/c1-54(2,3)36-28-25-32(26-29-36)46-50-47(52-48(51-46)41-22-14-21-40-39-20-11-13-24-44(39)53-45(40)41)33-27-30-38-37-19-10-12-23-42(37)49(43(38)31-33,34-15-6-4-7-16-34)35-17-8-5-9-18-35/h4-31H,1-3H3. The highest BCUT2D eigenvalue weighted by atomic mass is 28.3. The van der Waals surface area contributed by atoms with Gasteiger partial charge in [0, 0.05) is 21.9 Å². The van der Waals surface area contributed by atoms with Gasteiger partial charge in [-0.1, -0.05) is 176 Å². The van der Waals surface area contributed by atoms with Gasteiger partial charge in [-0.3, -0.25) is 0 Å². The molecule has 0 bridgehead atoms. The maximum absolute atomic E-state index is 6.51. The second-order valence-corrected chi connectivity index (χ2v) is 20.3. The van der Waals surface area contributed by atoms with Gasteiger partial charge in [0.2, 0.25) is 0 Å². The van der Waals surface area contributed by atoms with Crippen LogP contribution >= 0.6 is 0 Å². The molecule has 0 saturated heterocycles. The zero-order valence-electron chi connectivity index (χ0n) is 30.4. The lowest BCUT2D eigenvalue weighted by Crippen LogP contribution is -2.37. The van der Waals surface area contributed by atoms with E-state index in [2.05, 4.69) is 171 Å². The SMILES string of the molecule is C[Si](C)(C)c1ccc(-c2nc(-c3ccc4c(c3)C(c3ccccc3)(c3ccccc3)c3ccccc3-4)nc(-c3cccc4c3oc3ccccc34)n2)cc1. The van der Waals surface area contributed by atoms with Gasteiger partial charge in [-0.05, 0) is 51.6 Å². The van der Waals surface area contributed by atoms with Crippen LogP contribution in [0.5, 0.6) is 0 Å². The van der Waals surface area contributed by atoms with E-state index in [4.69, 9.17) is 19.4 Å². The maximum Gasteiger partial charge on any atom is 0.167 e. The number of rotatable bonds is 6. The monoisotopic (exact) mass is 711 g/mol. The van der Waals surface area contributed by atoms with Gasteiger partial charge in [-0.25, -0.2) is 15.0 Å². The maximum atomic E-state index is 6.51. The minimum Gasteiger partial charge on any atom is -0.455 e. The van der Waals surface area contributed by atoms with Crippen LogP contribution in [0.1, 0.15) is 22.3 Å². The third-order valence-corrected chi connectivity index (χ3v) is 13.1. The Morgan fingerprint density at radius 1 is 0.444 bits per heavy atom. The Labute approximate surface area is 315 Å². The molecule has 4 nitrogen and oxygen atoms in total. The lowest BCUT2D eigenvalue weighted by molar-refractivity contribution is 0.669. The van der Waals surface area contributed by atoms with Crippen molar-refractivity contribution in [3.8, 4) is 45.3 Å². The molecule has 0 amide bonds. The topological polar surface area (TPSA) is 51.8 Å². The normalized spacial score (nSPS) is 13.2. The van der Waals surface area contributed by atoms with E-state index >= 15 is 0 Å². The van der Waals surface area contributed by atoms with Crippen molar-refractivity contribution in [1.82, 2.24) is 15.0 Å². The second-order valence-electron chi connectivity index (χ2n) is 15.2. The molecule has 258 valence electrons. The first-order valence-electron chi connectivity index (χ1n) is 18.5. The van der Waals surface area contributed by atoms with Gasteiger partial charge in [0.05, 0.1) is 19.1 Å². The number of hydrogen-bond acceptors (Lipinski definition) is 4. The fraction of sp³-hybridized carbons (Fsp3) is 0.0816. The highest BCUT2D eigenvalue weighted by Gasteiger charge is 2.46. The second kappa shape index (κ2) is 12.3. The Morgan fingerprint density at radius 2 is 1.00 bits per heavy atom. The quantitative estimate of drug-likeness (QED) is 0.161. The van der Waals surface area contributed by atoms with Crippen LogP contribution < -0.4 is 5.19 Å². The smallest absolute Gasteiger partial charge is 0.167 e. The summed E-state index contributed by atoms with van der Waals surface area (Å²) >= 11 is 0. The van der Waals surface area contributed by atoms with Crippen molar-refractivity contribution in [2.45, 2.75) is 25.1 Å². The van der Waals surface area contributed by atoms with Crippen LogP contribution in [0.4, 0.5) is 0 Å². The molecule has 0 fully saturated rings. The molecule has 0 N–H and O–H groups in total. The Morgan fingerprint density at radius 3 is 1.72 bits per heavy atom. The number of furan rings is 1. The molecule has 0 radical (unpaired) electrons.